The van der Waals surface area contributed by atoms with E-state index in [9.17, 15) is 4.79 Å². The normalized spacial score (nSPS) is 12.9. The number of para-hydroxylation sites is 1. The van der Waals surface area contributed by atoms with Crippen LogP contribution in [0.1, 0.15) is 28.8 Å². The third-order valence-corrected chi connectivity index (χ3v) is 5.61. The number of Topliss-reactive ketones (excluding diaryl/α,β-unsaturated/α-hetero) is 1. The Hall–Kier alpha value is -4.27. The molecule has 0 atom stereocenters. The van der Waals surface area contributed by atoms with Crippen LogP contribution < -0.4 is 15.4 Å². The van der Waals surface area contributed by atoms with Crippen LogP contribution in [0.5, 0.6) is 5.75 Å². The predicted octanol–water partition coefficient (Wildman–Crippen LogP) is 4.67. The Labute approximate surface area is 197 Å². The van der Waals surface area contributed by atoms with Crippen molar-refractivity contribution in [2.24, 2.45) is 13.0 Å². The summed E-state index contributed by atoms with van der Waals surface area (Å²) in [6.07, 6.45) is 6.87. The maximum Gasteiger partial charge on any atom is 0.184 e. The summed E-state index contributed by atoms with van der Waals surface area (Å²) in [7, 11) is 3.42. The first kappa shape index (κ1) is 21.6. The van der Waals surface area contributed by atoms with Gasteiger partial charge in [0.15, 0.2) is 17.4 Å². The van der Waals surface area contributed by atoms with Gasteiger partial charge in [-0.15, -0.1) is 0 Å². The zero-order chi connectivity index (χ0) is 23.7. The molecule has 172 valence electrons. The summed E-state index contributed by atoms with van der Waals surface area (Å²) in [4.78, 5) is 26.2. The topological polar surface area (TPSA) is 107 Å². The molecule has 1 aromatic carbocycles. The van der Waals surface area contributed by atoms with E-state index < -0.39 is 0 Å². The maximum absolute atomic E-state index is 13.0. The molecule has 0 amide bonds. The van der Waals surface area contributed by atoms with Gasteiger partial charge in [0.25, 0.3) is 0 Å². The molecule has 2 N–H and O–H groups in total. The van der Waals surface area contributed by atoms with E-state index in [1.54, 1.807) is 30.5 Å². The molecule has 3 aromatic heterocycles. The van der Waals surface area contributed by atoms with Crippen molar-refractivity contribution in [1.82, 2.24) is 24.7 Å². The summed E-state index contributed by atoms with van der Waals surface area (Å²) in [6, 6.07) is 11.4. The van der Waals surface area contributed by atoms with Crippen molar-refractivity contribution < 1.29 is 9.53 Å². The lowest BCUT2D eigenvalue weighted by Gasteiger charge is -2.17. The number of pyridine rings is 2. The van der Waals surface area contributed by atoms with Gasteiger partial charge in [0.2, 0.25) is 0 Å². The Morgan fingerprint density at radius 3 is 2.53 bits per heavy atom. The highest BCUT2D eigenvalue weighted by molar-refractivity contribution is 6.04. The Kier molecular flexibility index (Phi) is 5.67. The Morgan fingerprint density at radius 1 is 1.03 bits per heavy atom. The number of benzene rings is 1. The fraction of sp³-hybridized carbons (Fsp3) is 0.240. The molecule has 0 spiro atoms. The Bertz CT molecular complexity index is 1340. The van der Waals surface area contributed by atoms with Crippen LogP contribution in [0.3, 0.4) is 0 Å². The number of nitrogens with zero attached hydrogens (tertiary/aromatic N) is 5. The van der Waals surface area contributed by atoms with Gasteiger partial charge in [-0.05, 0) is 43.5 Å². The maximum atomic E-state index is 13.0. The number of carbonyl (C=O) groups is 1. The highest BCUT2D eigenvalue weighted by Crippen LogP contribution is 2.39. The van der Waals surface area contributed by atoms with E-state index in [1.165, 1.54) is 0 Å². The van der Waals surface area contributed by atoms with Gasteiger partial charge >= 0.3 is 0 Å². The molecule has 0 unspecified atom stereocenters. The minimum absolute atomic E-state index is 0.0610. The lowest BCUT2D eigenvalue weighted by molar-refractivity contribution is 0.0968. The second-order valence-electron chi connectivity index (χ2n) is 8.35. The molecule has 0 radical (unpaired) electrons. The highest BCUT2D eigenvalue weighted by atomic mass is 16.5. The van der Waals surface area contributed by atoms with Crippen LogP contribution in [-0.4, -0.2) is 37.6 Å². The summed E-state index contributed by atoms with van der Waals surface area (Å²) in [5.74, 6) is 2.55. The van der Waals surface area contributed by atoms with E-state index >= 15 is 0 Å². The number of aromatic nitrogens is 5. The molecule has 0 bridgehead atoms. The van der Waals surface area contributed by atoms with Crippen molar-refractivity contribution in [2.75, 3.05) is 17.7 Å². The van der Waals surface area contributed by atoms with Gasteiger partial charge in [-0.2, -0.15) is 5.10 Å². The molecule has 3 heterocycles. The zero-order valence-electron chi connectivity index (χ0n) is 19.2. The molecule has 4 aromatic rings. The molecule has 5 rings (SSSR count). The average molecular weight is 456 g/mol. The SMILES string of the molecule is COc1c(Nc2cc(Nc3ccc(C)cn3)ncc2C(=O)C2CC2)cccc1-c1ncn(C)n1. The molecule has 1 fully saturated rings. The van der Waals surface area contributed by atoms with Gasteiger partial charge in [0.1, 0.15) is 18.0 Å². The number of anilines is 4. The van der Waals surface area contributed by atoms with E-state index in [0.29, 0.717) is 40.1 Å². The molecular weight excluding hydrogens is 430 g/mol. The van der Waals surface area contributed by atoms with Crippen LogP contribution in [0, 0.1) is 12.8 Å². The quantitative estimate of drug-likeness (QED) is 0.369. The van der Waals surface area contributed by atoms with E-state index in [1.807, 2.05) is 50.4 Å². The second kappa shape index (κ2) is 8.93. The van der Waals surface area contributed by atoms with Crippen molar-refractivity contribution in [2.45, 2.75) is 19.8 Å². The van der Waals surface area contributed by atoms with Gasteiger partial charge in [-0.3, -0.25) is 9.48 Å². The van der Waals surface area contributed by atoms with E-state index in [2.05, 4.69) is 30.7 Å². The second-order valence-corrected chi connectivity index (χ2v) is 8.35. The first-order valence-corrected chi connectivity index (χ1v) is 11.1. The van der Waals surface area contributed by atoms with E-state index in [-0.39, 0.29) is 11.7 Å². The summed E-state index contributed by atoms with van der Waals surface area (Å²) >= 11 is 0. The number of nitrogens with one attached hydrogen (secondary N) is 2. The van der Waals surface area contributed by atoms with Crippen molar-refractivity contribution in [1.29, 1.82) is 0 Å². The summed E-state index contributed by atoms with van der Waals surface area (Å²) in [5, 5.41) is 11.0. The van der Waals surface area contributed by atoms with Gasteiger partial charge in [-0.25, -0.2) is 15.0 Å². The number of methoxy groups -OCH3 is 1. The van der Waals surface area contributed by atoms with Crippen molar-refractivity contribution in [3.63, 3.8) is 0 Å². The molecule has 34 heavy (non-hydrogen) atoms. The van der Waals surface area contributed by atoms with Crippen LogP contribution in [0.25, 0.3) is 11.4 Å². The van der Waals surface area contributed by atoms with Crippen LogP contribution in [-0.2, 0) is 7.05 Å². The minimum Gasteiger partial charge on any atom is -0.494 e. The van der Waals surface area contributed by atoms with Crippen LogP contribution >= 0.6 is 0 Å². The molecule has 1 aliphatic carbocycles. The lowest BCUT2D eigenvalue weighted by Crippen LogP contribution is -2.09. The number of hydrogen-bond donors (Lipinski definition) is 2. The molecule has 0 saturated heterocycles. The molecule has 1 aliphatic rings. The number of carbonyl (C=O) groups excluding carboxylic acids is 1. The van der Waals surface area contributed by atoms with Crippen LogP contribution in [0.2, 0.25) is 0 Å². The Balaban J connectivity index is 1.52. The molecule has 0 aliphatic heterocycles. The van der Waals surface area contributed by atoms with Crippen molar-refractivity contribution in [3.8, 4) is 17.1 Å². The monoisotopic (exact) mass is 455 g/mol. The fourth-order valence-electron chi connectivity index (χ4n) is 3.70. The van der Waals surface area contributed by atoms with Gasteiger partial charge in [0.05, 0.1) is 29.6 Å². The molecule has 1 saturated carbocycles. The predicted molar refractivity (Wildman–Crippen MR) is 130 cm³/mol. The van der Waals surface area contributed by atoms with E-state index in [0.717, 1.165) is 24.0 Å². The third kappa shape index (κ3) is 4.45. The standard InChI is InChI=1S/C25H25N7O2/c1-15-7-10-21(26-12-15)30-22-11-20(18(13-27-22)23(33)16-8-9-16)29-19-6-4-5-17(24(19)34-3)25-28-14-32(2)31-25/h4-7,10-14,16H,8-9H2,1-3H3,(H2,26,27,29,30). The summed E-state index contributed by atoms with van der Waals surface area (Å²) in [6.45, 7) is 1.98. The minimum atomic E-state index is 0.0610. The third-order valence-electron chi connectivity index (χ3n) is 5.61. The number of ether oxygens (including phenoxy) is 1. The van der Waals surface area contributed by atoms with Gasteiger partial charge in [-0.1, -0.05) is 12.1 Å². The van der Waals surface area contributed by atoms with Crippen LogP contribution in [0.4, 0.5) is 23.0 Å². The summed E-state index contributed by atoms with van der Waals surface area (Å²) < 4.78 is 7.37. The van der Waals surface area contributed by atoms with Gasteiger partial charge in [0, 0.05) is 31.4 Å². The number of hydrogen-bond acceptors (Lipinski definition) is 8. The Morgan fingerprint density at radius 2 is 1.85 bits per heavy atom. The van der Waals surface area contributed by atoms with E-state index in [4.69, 9.17) is 4.74 Å². The fourth-order valence-corrected chi connectivity index (χ4v) is 3.70. The number of aryl methyl sites for hydroxylation is 2. The summed E-state index contributed by atoms with van der Waals surface area (Å²) in [5.41, 5.74) is 3.71. The van der Waals surface area contributed by atoms with Crippen molar-refractivity contribution >= 4 is 28.8 Å². The average Bonchev–Trinajstić information content (AvgIpc) is 3.60. The first-order valence-electron chi connectivity index (χ1n) is 11.1. The zero-order valence-corrected chi connectivity index (χ0v) is 19.2. The molecular formula is C25H25N7O2. The van der Waals surface area contributed by atoms with Crippen LogP contribution in [0.15, 0.2) is 55.1 Å². The molecule has 9 nitrogen and oxygen atoms in total. The number of ketones is 1. The van der Waals surface area contributed by atoms with Gasteiger partial charge < -0.3 is 15.4 Å². The lowest BCUT2D eigenvalue weighted by atomic mass is 10.1. The smallest absolute Gasteiger partial charge is 0.184 e. The first-order chi connectivity index (χ1) is 16.5. The molecule has 9 heteroatoms. The number of rotatable bonds is 8. The highest BCUT2D eigenvalue weighted by Gasteiger charge is 2.32. The largest absolute Gasteiger partial charge is 0.494 e. The van der Waals surface area contributed by atoms with Crippen molar-refractivity contribution in [3.05, 3.63) is 66.2 Å².